The van der Waals surface area contributed by atoms with Gasteiger partial charge >= 0.3 is 5.97 Å². The van der Waals surface area contributed by atoms with Crippen molar-refractivity contribution in [3.63, 3.8) is 0 Å². The molecule has 27 heavy (non-hydrogen) atoms. The topological polar surface area (TPSA) is 80.4 Å². The van der Waals surface area contributed by atoms with Gasteiger partial charge in [0, 0.05) is 27.4 Å². The van der Waals surface area contributed by atoms with E-state index >= 15 is 0 Å². The first-order chi connectivity index (χ1) is 13.0. The SMILES string of the molecule is O=C(Cc1scc(-c2ccc(Cl)cc2)c1C(=O)O)c1ccc2ncoc2c1. The number of halogens is 1. The first-order valence-electron chi connectivity index (χ1n) is 7.99. The second-order valence-corrected chi connectivity index (χ2v) is 7.30. The molecule has 134 valence electrons. The molecule has 1 N–H and O–H groups in total. The van der Waals surface area contributed by atoms with Crippen molar-refractivity contribution in [1.29, 1.82) is 0 Å². The Kier molecular flexibility index (Phi) is 4.51. The van der Waals surface area contributed by atoms with Crippen molar-refractivity contribution in [3.05, 3.63) is 75.3 Å². The highest BCUT2D eigenvalue weighted by molar-refractivity contribution is 7.11. The first kappa shape index (κ1) is 17.5. The molecule has 0 aliphatic carbocycles. The number of aromatic nitrogens is 1. The van der Waals surface area contributed by atoms with Gasteiger partial charge < -0.3 is 9.52 Å². The van der Waals surface area contributed by atoms with Gasteiger partial charge in [-0.15, -0.1) is 11.3 Å². The van der Waals surface area contributed by atoms with Crippen LogP contribution in [0.15, 0.2) is 58.7 Å². The van der Waals surface area contributed by atoms with Gasteiger partial charge in [0.25, 0.3) is 0 Å². The van der Waals surface area contributed by atoms with E-state index in [9.17, 15) is 14.7 Å². The van der Waals surface area contributed by atoms with Gasteiger partial charge in [-0.25, -0.2) is 9.78 Å². The highest BCUT2D eigenvalue weighted by Gasteiger charge is 2.22. The molecule has 4 rings (SSSR count). The summed E-state index contributed by atoms with van der Waals surface area (Å²) in [7, 11) is 0. The average Bonchev–Trinajstić information content (AvgIpc) is 3.28. The molecule has 0 aliphatic rings. The number of nitrogens with zero attached hydrogens (tertiary/aromatic N) is 1. The summed E-state index contributed by atoms with van der Waals surface area (Å²) < 4.78 is 5.23. The Morgan fingerprint density at radius 2 is 1.93 bits per heavy atom. The maximum Gasteiger partial charge on any atom is 0.337 e. The number of fused-ring (bicyclic) bond motifs is 1. The standard InChI is InChI=1S/C20H12ClNO4S/c21-13-4-1-11(2-5-13)14-9-27-18(19(14)20(24)25)8-16(23)12-3-6-15-17(7-12)26-10-22-15/h1-7,9-10H,8H2,(H,24,25). The van der Waals surface area contributed by atoms with Crippen LogP contribution in [0.25, 0.3) is 22.2 Å². The van der Waals surface area contributed by atoms with Crippen LogP contribution in [0, 0.1) is 0 Å². The fourth-order valence-electron chi connectivity index (χ4n) is 2.88. The number of carboxylic acids is 1. The van der Waals surface area contributed by atoms with Gasteiger partial charge in [0.05, 0.1) is 5.56 Å². The molecule has 0 atom stereocenters. The summed E-state index contributed by atoms with van der Waals surface area (Å²) in [6.07, 6.45) is 1.32. The lowest BCUT2D eigenvalue weighted by Gasteiger charge is -2.04. The van der Waals surface area contributed by atoms with Gasteiger partial charge in [0.1, 0.15) is 5.52 Å². The molecule has 0 radical (unpaired) electrons. The van der Waals surface area contributed by atoms with Crippen LogP contribution in [0.3, 0.4) is 0 Å². The number of carboxylic acid groups (broad SMARTS) is 1. The van der Waals surface area contributed by atoms with Crippen LogP contribution in [0.1, 0.15) is 25.6 Å². The third-order valence-electron chi connectivity index (χ3n) is 4.21. The fraction of sp³-hybridized carbons (Fsp3) is 0.0500. The highest BCUT2D eigenvalue weighted by Crippen LogP contribution is 2.33. The quantitative estimate of drug-likeness (QED) is 0.460. The molecule has 0 aliphatic heterocycles. The average molecular weight is 398 g/mol. The summed E-state index contributed by atoms with van der Waals surface area (Å²) in [5.74, 6) is -1.24. The molecule has 0 amide bonds. The monoisotopic (exact) mass is 397 g/mol. The molecular weight excluding hydrogens is 386 g/mol. The van der Waals surface area contributed by atoms with Gasteiger partial charge in [0.2, 0.25) is 0 Å². The lowest BCUT2D eigenvalue weighted by Crippen LogP contribution is -2.07. The second-order valence-electron chi connectivity index (χ2n) is 5.89. The number of carbonyl (C=O) groups excluding carboxylic acids is 1. The molecule has 2 aromatic carbocycles. The number of ketones is 1. The summed E-state index contributed by atoms with van der Waals surface area (Å²) in [4.78, 5) is 29.1. The van der Waals surface area contributed by atoms with E-state index in [4.69, 9.17) is 16.0 Å². The Bertz CT molecular complexity index is 1160. The molecule has 7 heteroatoms. The van der Waals surface area contributed by atoms with Gasteiger partial charge in [-0.05, 0) is 41.3 Å². The van der Waals surface area contributed by atoms with Gasteiger partial charge in [-0.2, -0.15) is 0 Å². The van der Waals surface area contributed by atoms with E-state index in [1.54, 1.807) is 47.8 Å². The van der Waals surface area contributed by atoms with E-state index in [2.05, 4.69) is 4.98 Å². The molecule has 2 aromatic heterocycles. The lowest BCUT2D eigenvalue weighted by atomic mass is 10.00. The number of Topliss-reactive ketones (excluding diaryl/α,β-unsaturated/α-hetero) is 1. The Hall–Kier alpha value is -2.96. The maximum atomic E-state index is 12.7. The van der Waals surface area contributed by atoms with Crippen molar-refractivity contribution in [2.24, 2.45) is 0 Å². The number of thiophene rings is 1. The molecule has 4 aromatic rings. The Morgan fingerprint density at radius 3 is 2.67 bits per heavy atom. The number of benzene rings is 2. The largest absolute Gasteiger partial charge is 0.478 e. The van der Waals surface area contributed by atoms with Gasteiger partial charge in [0.15, 0.2) is 17.8 Å². The van der Waals surface area contributed by atoms with Crippen molar-refractivity contribution in [3.8, 4) is 11.1 Å². The predicted octanol–water partition coefficient (Wildman–Crippen LogP) is 5.33. The van der Waals surface area contributed by atoms with Crippen LogP contribution in [-0.2, 0) is 6.42 Å². The van der Waals surface area contributed by atoms with E-state index in [0.29, 0.717) is 32.1 Å². The van der Waals surface area contributed by atoms with Crippen molar-refractivity contribution < 1.29 is 19.1 Å². The lowest BCUT2D eigenvalue weighted by molar-refractivity contribution is 0.0697. The molecule has 0 unspecified atom stereocenters. The molecule has 0 fully saturated rings. The third kappa shape index (κ3) is 3.37. The van der Waals surface area contributed by atoms with Crippen molar-refractivity contribution in [2.45, 2.75) is 6.42 Å². The normalized spacial score (nSPS) is 11.0. The van der Waals surface area contributed by atoms with E-state index in [1.807, 2.05) is 0 Å². The number of hydrogen-bond acceptors (Lipinski definition) is 5. The van der Waals surface area contributed by atoms with Crippen molar-refractivity contribution in [1.82, 2.24) is 4.98 Å². The fourth-order valence-corrected chi connectivity index (χ4v) is 4.05. The van der Waals surface area contributed by atoms with Crippen LogP contribution in [0.5, 0.6) is 0 Å². The van der Waals surface area contributed by atoms with E-state index in [0.717, 1.165) is 5.56 Å². The van der Waals surface area contributed by atoms with E-state index in [1.165, 1.54) is 17.7 Å². The van der Waals surface area contributed by atoms with Crippen LogP contribution < -0.4 is 0 Å². The number of aromatic carboxylic acids is 1. The van der Waals surface area contributed by atoms with Crippen molar-refractivity contribution in [2.75, 3.05) is 0 Å². The zero-order chi connectivity index (χ0) is 19.0. The van der Waals surface area contributed by atoms with E-state index in [-0.39, 0.29) is 17.8 Å². The summed E-state index contributed by atoms with van der Waals surface area (Å²) in [6, 6.07) is 11.9. The molecule has 2 heterocycles. The number of oxazole rings is 1. The molecule has 0 saturated carbocycles. The minimum Gasteiger partial charge on any atom is -0.478 e. The van der Waals surface area contributed by atoms with Crippen LogP contribution in [0.2, 0.25) is 5.02 Å². The van der Waals surface area contributed by atoms with Crippen LogP contribution >= 0.6 is 22.9 Å². The van der Waals surface area contributed by atoms with Gasteiger partial charge in [-0.3, -0.25) is 4.79 Å². The highest BCUT2D eigenvalue weighted by atomic mass is 35.5. The predicted molar refractivity (Wildman–Crippen MR) is 104 cm³/mol. The molecule has 0 spiro atoms. The summed E-state index contributed by atoms with van der Waals surface area (Å²) in [6.45, 7) is 0. The summed E-state index contributed by atoms with van der Waals surface area (Å²) >= 11 is 7.17. The van der Waals surface area contributed by atoms with Gasteiger partial charge in [-0.1, -0.05) is 23.7 Å². The number of hydrogen-bond donors (Lipinski definition) is 1. The summed E-state index contributed by atoms with van der Waals surface area (Å²) in [5.41, 5.74) is 3.12. The van der Waals surface area contributed by atoms with Crippen LogP contribution in [0.4, 0.5) is 0 Å². The van der Waals surface area contributed by atoms with E-state index < -0.39 is 5.97 Å². The summed E-state index contributed by atoms with van der Waals surface area (Å²) in [5, 5.41) is 12.0. The molecule has 0 saturated heterocycles. The Balaban J connectivity index is 1.68. The van der Waals surface area contributed by atoms with Crippen LogP contribution in [-0.4, -0.2) is 21.8 Å². The smallest absolute Gasteiger partial charge is 0.337 e. The maximum absolute atomic E-state index is 12.7. The molecular formula is C20H12ClNO4S. The first-order valence-corrected chi connectivity index (χ1v) is 9.25. The number of rotatable bonds is 5. The third-order valence-corrected chi connectivity index (χ3v) is 5.45. The molecule has 0 bridgehead atoms. The minimum absolute atomic E-state index is 0.000463. The minimum atomic E-state index is -1.06. The van der Waals surface area contributed by atoms with Crippen molar-refractivity contribution >= 4 is 45.8 Å². The number of carbonyl (C=O) groups is 2. The molecule has 5 nitrogen and oxygen atoms in total. The zero-order valence-electron chi connectivity index (χ0n) is 13.8. The Morgan fingerprint density at radius 1 is 1.15 bits per heavy atom. The Labute approximate surface area is 162 Å². The second kappa shape index (κ2) is 6.98. The zero-order valence-corrected chi connectivity index (χ0v) is 15.4.